The van der Waals surface area contributed by atoms with Gasteiger partial charge in [0, 0.05) is 13.0 Å². The summed E-state index contributed by atoms with van der Waals surface area (Å²) in [5.74, 6) is -0.838. The summed E-state index contributed by atoms with van der Waals surface area (Å²) in [6, 6.07) is -0.0946. The van der Waals surface area contributed by atoms with Crippen molar-refractivity contribution in [3.8, 4) is 0 Å². The molecular weight excluding hydrogens is 210 g/mol. The number of carboxylic acids is 1. The number of hydrogen-bond acceptors (Lipinski definition) is 3. The smallest absolute Gasteiger partial charge is 0.410 e. The number of rotatable bonds is 4. The Morgan fingerprint density at radius 1 is 1.56 bits per heavy atom. The van der Waals surface area contributed by atoms with Crippen molar-refractivity contribution in [2.45, 2.75) is 39.7 Å². The number of hydrogen-bond donors (Lipinski definition) is 1. The fourth-order valence-corrected chi connectivity index (χ4v) is 1.72. The van der Waals surface area contributed by atoms with Crippen molar-refractivity contribution in [3.05, 3.63) is 0 Å². The first-order chi connectivity index (χ1) is 7.29. The molecule has 0 aromatic heterocycles. The van der Waals surface area contributed by atoms with E-state index in [0.717, 1.165) is 0 Å². The largest absolute Gasteiger partial charge is 0.481 e. The normalized spacial score (nSPS) is 21.1. The molecule has 0 bridgehead atoms. The molecule has 92 valence electrons. The number of carboxylic acid groups (broad SMARTS) is 1. The standard InChI is InChI=1S/C11H19NO4/c1-11(2,3)7-12-8(4-5-9(13)14)6-16-10(12)15/h8H,4-7H2,1-3H3,(H,13,14). The van der Waals surface area contributed by atoms with E-state index >= 15 is 0 Å². The molecular formula is C11H19NO4. The van der Waals surface area contributed by atoms with Gasteiger partial charge in [-0.1, -0.05) is 20.8 Å². The molecule has 0 spiro atoms. The number of amides is 1. The fourth-order valence-electron chi connectivity index (χ4n) is 1.72. The van der Waals surface area contributed by atoms with Crippen LogP contribution in [0.4, 0.5) is 4.79 Å². The lowest BCUT2D eigenvalue weighted by Crippen LogP contribution is -2.39. The van der Waals surface area contributed by atoms with E-state index in [9.17, 15) is 9.59 Å². The zero-order valence-corrected chi connectivity index (χ0v) is 10.0. The van der Waals surface area contributed by atoms with Gasteiger partial charge in [0.1, 0.15) is 6.61 Å². The minimum Gasteiger partial charge on any atom is -0.481 e. The van der Waals surface area contributed by atoms with Gasteiger partial charge in [0.25, 0.3) is 0 Å². The van der Waals surface area contributed by atoms with Gasteiger partial charge in [-0.25, -0.2) is 4.79 Å². The summed E-state index contributed by atoms with van der Waals surface area (Å²) in [4.78, 5) is 23.6. The Bertz CT molecular complexity index is 282. The van der Waals surface area contributed by atoms with Crippen LogP contribution in [0.15, 0.2) is 0 Å². The quantitative estimate of drug-likeness (QED) is 0.797. The summed E-state index contributed by atoms with van der Waals surface area (Å²) >= 11 is 0. The second-order valence-electron chi connectivity index (χ2n) is 5.35. The van der Waals surface area contributed by atoms with E-state index in [2.05, 4.69) is 0 Å². The molecule has 1 heterocycles. The Hall–Kier alpha value is -1.26. The Labute approximate surface area is 95.4 Å². The Balaban J connectivity index is 2.56. The first kappa shape index (κ1) is 12.8. The first-order valence-corrected chi connectivity index (χ1v) is 5.45. The van der Waals surface area contributed by atoms with Crippen LogP contribution in [0.2, 0.25) is 0 Å². The highest BCUT2D eigenvalue weighted by atomic mass is 16.6. The summed E-state index contributed by atoms with van der Waals surface area (Å²) in [7, 11) is 0. The van der Waals surface area contributed by atoms with Crippen LogP contribution >= 0.6 is 0 Å². The first-order valence-electron chi connectivity index (χ1n) is 5.45. The van der Waals surface area contributed by atoms with Crippen LogP contribution in [-0.4, -0.2) is 41.3 Å². The summed E-state index contributed by atoms with van der Waals surface area (Å²) in [5, 5.41) is 8.61. The maximum absolute atomic E-state index is 11.5. The molecule has 1 amide bonds. The minimum absolute atomic E-state index is 0.00909. The van der Waals surface area contributed by atoms with Crippen LogP contribution in [0.5, 0.6) is 0 Å². The third-order valence-electron chi connectivity index (χ3n) is 2.41. The molecule has 1 rings (SSSR count). The molecule has 1 saturated heterocycles. The lowest BCUT2D eigenvalue weighted by atomic mass is 9.95. The van der Waals surface area contributed by atoms with Crippen LogP contribution in [0.25, 0.3) is 0 Å². The number of carbonyl (C=O) groups excluding carboxylic acids is 1. The molecule has 1 unspecified atom stereocenters. The van der Waals surface area contributed by atoms with Gasteiger partial charge < -0.3 is 14.7 Å². The van der Waals surface area contributed by atoms with E-state index in [1.54, 1.807) is 4.90 Å². The number of nitrogens with zero attached hydrogens (tertiary/aromatic N) is 1. The molecule has 5 heteroatoms. The van der Waals surface area contributed by atoms with Crippen molar-refractivity contribution in [1.29, 1.82) is 0 Å². The SMILES string of the molecule is CC(C)(C)CN1C(=O)OCC1CCC(=O)O. The average Bonchev–Trinajstić information content (AvgIpc) is 2.43. The molecule has 1 aliphatic rings. The number of cyclic esters (lactones) is 1. The van der Waals surface area contributed by atoms with Gasteiger partial charge in [0.05, 0.1) is 6.04 Å². The topological polar surface area (TPSA) is 66.8 Å². The van der Waals surface area contributed by atoms with Gasteiger partial charge in [-0.15, -0.1) is 0 Å². The van der Waals surface area contributed by atoms with E-state index in [0.29, 0.717) is 19.6 Å². The predicted octanol–water partition coefficient (Wildman–Crippen LogP) is 1.72. The average molecular weight is 229 g/mol. The van der Waals surface area contributed by atoms with Crippen molar-refractivity contribution in [3.63, 3.8) is 0 Å². The lowest BCUT2D eigenvalue weighted by molar-refractivity contribution is -0.137. The number of ether oxygens (including phenoxy) is 1. The molecule has 0 aromatic carbocycles. The zero-order chi connectivity index (χ0) is 12.3. The third-order valence-corrected chi connectivity index (χ3v) is 2.41. The molecule has 0 aliphatic carbocycles. The van der Waals surface area contributed by atoms with Crippen LogP contribution in [0.3, 0.4) is 0 Å². The van der Waals surface area contributed by atoms with E-state index in [1.807, 2.05) is 20.8 Å². The van der Waals surface area contributed by atoms with E-state index in [-0.39, 0.29) is 24.0 Å². The number of aliphatic carboxylic acids is 1. The molecule has 1 N–H and O–H groups in total. The van der Waals surface area contributed by atoms with Gasteiger partial charge in [0.2, 0.25) is 0 Å². The Morgan fingerprint density at radius 2 is 2.19 bits per heavy atom. The third kappa shape index (κ3) is 3.72. The van der Waals surface area contributed by atoms with Crippen LogP contribution in [-0.2, 0) is 9.53 Å². The summed E-state index contributed by atoms with van der Waals surface area (Å²) in [6.45, 7) is 7.00. The molecule has 0 saturated carbocycles. The molecule has 1 fully saturated rings. The van der Waals surface area contributed by atoms with Crippen LogP contribution in [0, 0.1) is 5.41 Å². The molecule has 1 aliphatic heterocycles. The predicted molar refractivity (Wildman–Crippen MR) is 58.2 cm³/mol. The molecule has 0 radical (unpaired) electrons. The summed E-state index contributed by atoms with van der Waals surface area (Å²) < 4.78 is 4.95. The molecule has 0 aromatic rings. The summed E-state index contributed by atoms with van der Waals surface area (Å²) in [5.41, 5.74) is -0.00909. The van der Waals surface area contributed by atoms with Crippen molar-refractivity contribution < 1.29 is 19.4 Å². The monoisotopic (exact) mass is 229 g/mol. The molecule has 1 atom stereocenters. The van der Waals surface area contributed by atoms with Gasteiger partial charge in [-0.2, -0.15) is 0 Å². The van der Waals surface area contributed by atoms with E-state index in [4.69, 9.17) is 9.84 Å². The van der Waals surface area contributed by atoms with E-state index < -0.39 is 5.97 Å². The zero-order valence-electron chi connectivity index (χ0n) is 10.0. The second-order valence-corrected chi connectivity index (χ2v) is 5.35. The van der Waals surface area contributed by atoms with E-state index in [1.165, 1.54) is 0 Å². The van der Waals surface area contributed by atoms with Gasteiger partial charge in [-0.3, -0.25) is 4.79 Å². The van der Waals surface area contributed by atoms with Crippen molar-refractivity contribution in [1.82, 2.24) is 4.90 Å². The minimum atomic E-state index is -0.838. The van der Waals surface area contributed by atoms with Crippen molar-refractivity contribution in [2.24, 2.45) is 5.41 Å². The highest BCUT2D eigenvalue weighted by molar-refractivity contribution is 5.71. The highest BCUT2D eigenvalue weighted by Crippen LogP contribution is 2.23. The fraction of sp³-hybridized carbons (Fsp3) is 0.818. The van der Waals surface area contributed by atoms with Gasteiger partial charge in [0.15, 0.2) is 0 Å². The van der Waals surface area contributed by atoms with Crippen molar-refractivity contribution >= 4 is 12.1 Å². The van der Waals surface area contributed by atoms with Crippen molar-refractivity contribution in [2.75, 3.05) is 13.2 Å². The van der Waals surface area contributed by atoms with Crippen LogP contribution in [0.1, 0.15) is 33.6 Å². The Kier molecular flexibility index (Phi) is 3.78. The number of carbonyl (C=O) groups is 2. The maximum Gasteiger partial charge on any atom is 0.410 e. The molecule has 5 nitrogen and oxygen atoms in total. The lowest BCUT2D eigenvalue weighted by Gasteiger charge is -2.28. The maximum atomic E-state index is 11.5. The summed E-state index contributed by atoms with van der Waals surface area (Å²) in [6.07, 6.45) is 0.198. The highest BCUT2D eigenvalue weighted by Gasteiger charge is 2.35. The van der Waals surface area contributed by atoms with Gasteiger partial charge in [-0.05, 0) is 11.8 Å². The second kappa shape index (κ2) is 4.72. The van der Waals surface area contributed by atoms with Crippen LogP contribution < -0.4 is 0 Å². The Morgan fingerprint density at radius 3 is 2.69 bits per heavy atom. The molecule has 16 heavy (non-hydrogen) atoms. The van der Waals surface area contributed by atoms with Gasteiger partial charge >= 0.3 is 12.1 Å².